The molecule has 0 heterocycles. The number of fused-ring (bicyclic) bond motifs is 2. The van der Waals surface area contributed by atoms with Crippen LogP contribution in [0.3, 0.4) is 0 Å². The molecule has 0 saturated heterocycles. The summed E-state index contributed by atoms with van der Waals surface area (Å²) in [6.07, 6.45) is 0. The summed E-state index contributed by atoms with van der Waals surface area (Å²) in [5, 5.41) is 4.70. The topological polar surface area (TPSA) is 6.48 Å². The van der Waals surface area contributed by atoms with Crippen molar-refractivity contribution in [2.75, 3.05) is 9.80 Å². The molecule has 0 N–H and O–H groups in total. The molecule has 11 rings (SSSR count). The van der Waals surface area contributed by atoms with Crippen LogP contribution < -0.4 is 9.80 Å². The van der Waals surface area contributed by atoms with Crippen molar-refractivity contribution >= 4 is 55.7 Å². The molecule has 64 heavy (non-hydrogen) atoms. The molecule has 0 aromatic heterocycles. The molecule has 302 valence electrons. The molecule has 2 heteroatoms. The predicted molar refractivity (Wildman–Crippen MR) is 273 cm³/mol. The average Bonchev–Trinajstić information content (AvgIpc) is 3.38. The molecule has 0 amide bonds. The Morgan fingerprint density at radius 3 is 0.750 bits per heavy atom. The van der Waals surface area contributed by atoms with Crippen LogP contribution in [0.25, 0.3) is 66.1 Å². The van der Waals surface area contributed by atoms with Gasteiger partial charge in [0.05, 0.1) is 11.4 Å². The summed E-state index contributed by atoms with van der Waals surface area (Å²) in [6.45, 7) is 0. The lowest BCUT2D eigenvalue weighted by molar-refractivity contribution is 1.30. The van der Waals surface area contributed by atoms with Crippen LogP contribution in [-0.4, -0.2) is 0 Å². The van der Waals surface area contributed by atoms with E-state index in [2.05, 4.69) is 277 Å². The zero-order valence-electron chi connectivity index (χ0n) is 35.3. The van der Waals surface area contributed by atoms with E-state index in [1.165, 1.54) is 66.1 Å². The van der Waals surface area contributed by atoms with Crippen molar-refractivity contribution in [3.63, 3.8) is 0 Å². The number of nitrogens with zero attached hydrogens (tertiary/aromatic N) is 2. The first-order chi connectivity index (χ1) is 31.8. The summed E-state index contributed by atoms with van der Waals surface area (Å²) < 4.78 is 0. The third-order valence-corrected chi connectivity index (χ3v) is 12.3. The number of hydrogen-bond acceptors (Lipinski definition) is 2. The van der Waals surface area contributed by atoms with Gasteiger partial charge in [-0.25, -0.2) is 0 Å². The van der Waals surface area contributed by atoms with E-state index < -0.39 is 0 Å². The smallest absolute Gasteiger partial charge is 0.0540 e. The summed E-state index contributed by atoms with van der Waals surface area (Å²) in [5.41, 5.74) is 16.1. The normalized spacial score (nSPS) is 11.1. The largest absolute Gasteiger partial charge is 0.310 e. The molecule has 0 aliphatic carbocycles. The SMILES string of the molecule is c1ccc(-c2ccc(-c3ccccc3)c(-c3ccc(N(c4ccccc4)c4ccccc4)c4ccccc34)c2-c2ccc(N(c3ccccc3)c3ccccc3)c3ccccc23)cc1. The highest BCUT2D eigenvalue weighted by atomic mass is 15.1. The van der Waals surface area contributed by atoms with Crippen molar-refractivity contribution in [2.45, 2.75) is 0 Å². The number of hydrogen-bond donors (Lipinski definition) is 0. The fraction of sp³-hybridized carbons (Fsp3) is 0. The average molecular weight is 817 g/mol. The molecule has 0 aliphatic heterocycles. The van der Waals surface area contributed by atoms with Gasteiger partial charge in [-0.15, -0.1) is 0 Å². The minimum absolute atomic E-state index is 1.11. The highest BCUT2D eigenvalue weighted by Crippen LogP contribution is 2.52. The maximum Gasteiger partial charge on any atom is 0.0540 e. The van der Waals surface area contributed by atoms with Gasteiger partial charge in [0.1, 0.15) is 0 Å². The summed E-state index contributed by atoms with van der Waals surface area (Å²) in [5.74, 6) is 0. The van der Waals surface area contributed by atoms with Gasteiger partial charge in [-0.05, 0) is 116 Å². The Bertz CT molecular complexity index is 3040. The summed E-state index contributed by atoms with van der Waals surface area (Å²) in [6, 6.07) is 96.4. The van der Waals surface area contributed by atoms with Crippen molar-refractivity contribution in [3.8, 4) is 44.5 Å². The fourth-order valence-electron chi connectivity index (χ4n) is 9.43. The van der Waals surface area contributed by atoms with Crippen LogP contribution in [0.4, 0.5) is 34.1 Å². The van der Waals surface area contributed by atoms with E-state index in [1.54, 1.807) is 0 Å². The van der Waals surface area contributed by atoms with Crippen molar-refractivity contribution in [3.05, 3.63) is 267 Å². The van der Waals surface area contributed by atoms with Gasteiger partial charge in [-0.3, -0.25) is 0 Å². The second-order valence-corrected chi connectivity index (χ2v) is 16.0. The minimum Gasteiger partial charge on any atom is -0.310 e. The second-order valence-electron chi connectivity index (χ2n) is 16.0. The second kappa shape index (κ2) is 17.1. The molecule has 0 radical (unpaired) electrons. The van der Waals surface area contributed by atoms with E-state index in [4.69, 9.17) is 0 Å². The molecule has 2 nitrogen and oxygen atoms in total. The van der Waals surface area contributed by atoms with E-state index in [0.717, 1.165) is 34.1 Å². The Kier molecular flexibility index (Phi) is 10.3. The van der Waals surface area contributed by atoms with Crippen LogP contribution in [0.15, 0.2) is 267 Å². The lowest BCUT2D eigenvalue weighted by atomic mass is 9.80. The van der Waals surface area contributed by atoms with Gasteiger partial charge >= 0.3 is 0 Å². The van der Waals surface area contributed by atoms with Crippen molar-refractivity contribution in [1.82, 2.24) is 0 Å². The molecule has 0 fully saturated rings. The van der Waals surface area contributed by atoms with E-state index >= 15 is 0 Å². The molecule has 0 saturated carbocycles. The third-order valence-electron chi connectivity index (χ3n) is 12.3. The van der Waals surface area contributed by atoms with Crippen LogP contribution in [0, 0.1) is 0 Å². The summed E-state index contributed by atoms with van der Waals surface area (Å²) in [4.78, 5) is 4.76. The number of benzene rings is 11. The Morgan fingerprint density at radius 1 is 0.188 bits per heavy atom. The zero-order chi connectivity index (χ0) is 42.7. The van der Waals surface area contributed by atoms with E-state index in [-0.39, 0.29) is 0 Å². The van der Waals surface area contributed by atoms with Gasteiger partial charge in [0.2, 0.25) is 0 Å². The lowest BCUT2D eigenvalue weighted by Gasteiger charge is -2.29. The van der Waals surface area contributed by atoms with Gasteiger partial charge in [-0.1, -0.05) is 206 Å². The quantitative estimate of drug-likeness (QED) is 0.136. The van der Waals surface area contributed by atoms with Gasteiger partial charge in [-0.2, -0.15) is 0 Å². The zero-order valence-corrected chi connectivity index (χ0v) is 35.3. The van der Waals surface area contributed by atoms with Crippen LogP contribution in [0.5, 0.6) is 0 Å². The molecule has 0 bridgehead atoms. The predicted octanol–water partition coefficient (Wildman–Crippen LogP) is 17.6. The molecule has 11 aromatic carbocycles. The fourth-order valence-corrected chi connectivity index (χ4v) is 9.43. The van der Waals surface area contributed by atoms with Gasteiger partial charge in [0, 0.05) is 33.5 Å². The van der Waals surface area contributed by atoms with Crippen molar-refractivity contribution in [1.29, 1.82) is 0 Å². The highest BCUT2D eigenvalue weighted by Gasteiger charge is 2.25. The minimum atomic E-state index is 1.11. The molecular weight excluding hydrogens is 773 g/mol. The number of rotatable bonds is 10. The Balaban J connectivity index is 1.23. The first-order valence-electron chi connectivity index (χ1n) is 21.9. The number of para-hydroxylation sites is 4. The van der Waals surface area contributed by atoms with Gasteiger partial charge in [0.25, 0.3) is 0 Å². The maximum atomic E-state index is 2.38. The van der Waals surface area contributed by atoms with Crippen molar-refractivity contribution < 1.29 is 0 Å². The van der Waals surface area contributed by atoms with Gasteiger partial charge in [0.15, 0.2) is 0 Å². The Morgan fingerprint density at radius 2 is 0.438 bits per heavy atom. The van der Waals surface area contributed by atoms with E-state index in [1.807, 2.05) is 0 Å². The Hall–Kier alpha value is -8.46. The molecule has 0 unspecified atom stereocenters. The molecule has 0 aliphatic rings. The van der Waals surface area contributed by atoms with Crippen LogP contribution in [0.1, 0.15) is 0 Å². The summed E-state index contributed by atoms with van der Waals surface area (Å²) in [7, 11) is 0. The first kappa shape index (κ1) is 38.5. The molecule has 0 atom stereocenters. The van der Waals surface area contributed by atoms with E-state index in [9.17, 15) is 0 Å². The molecular formula is C62H44N2. The molecule has 0 spiro atoms. The highest BCUT2D eigenvalue weighted by molar-refractivity contribution is 6.16. The summed E-state index contributed by atoms with van der Waals surface area (Å²) >= 11 is 0. The third kappa shape index (κ3) is 7.07. The number of anilines is 6. The lowest BCUT2D eigenvalue weighted by Crippen LogP contribution is -2.10. The van der Waals surface area contributed by atoms with Crippen molar-refractivity contribution in [2.24, 2.45) is 0 Å². The Labute approximate surface area is 375 Å². The van der Waals surface area contributed by atoms with Crippen LogP contribution >= 0.6 is 0 Å². The first-order valence-corrected chi connectivity index (χ1v) is 21.9. The monoisotopic (exact) mass is 816 g/mol. The molecule has 11 aromatic rings. The maximum absolute atomic E-state index is 2.38. The van der Waals surface area contributed by atoms with Crippen LogP contribution in [-0.2, 0) is 0 Å². The standard InChI is InChI=1S/C62H44N2/c1-7-23-45(24-8-1)51-39-40-52(46-25-9-2-10-26-46)62(58-42-44-60(56-38-22-20-36-54(56)58)64(49-31-15-5-16-32-49)50-33-17-6-18-34-50)61(51)57-41-43-59(55-37-21-19-35-53(55)57)63(47-27-11-3-12-28-47)48-29-13-4-14-30-48/h1-44H. The van der Waals surface area contributed by atoms with E-state index in [0.29, 0.717) is 0 Å². The van der Waals surface area contributed by atoms with Crippen LogP contribution in [0.2, 0.25) is 0 Å². The van der Waals surface area contributed by atoms with Gasteiger partial charge < -0.3 is 9.80 Å².